The number of nitrogens with zero attached hydrogens (tertiary/aromatic N) is 1. The van der Waals surface area contributed by atoms with Crippen molar-refractivity contribution >= 4 is 8.32 Å². The van der Waals surface area contributed by atoms with Gasteiger partial charge in [-0.1, -0.05) is 34.6 Å². The minimum Gasteiger partial charge on any atom is -0.407 e. The molecule has 7 nitrogen and oxygen atoms in total. The molecule has 4 atom stereocenters. The maximum atomic E-state index is 12.2. The summed E-state index contributed by atoms with van der Waals surface area (Å²) in [5.74, 6) is 0.160. The number of H-pyrrole nitrogens is 2. The van der Waals surface area contributed by atoms with Gasteiger partial charge >= 0.3 is 11.4 Å². The molecule has 0 radical (unpaired) electrons. The van der Waals surface area contributed by atoms with Crippen LogP contribution in [0.3, 0.4) is 0 Å². The van der Waals surface area contributed by atoms with Gasteiger partial charge in [-0.15, -0.1) is 0 Å². The third kappa shape index (κ3) is 3.55. The fourth-order valence-corrected chi connectivity index (χ4v) is 4.16. The third-order valence-electron chi connectivity index (χ3n) is 5.40. The van der Waals surface area contributed by atoms with E-state index in [2.05, 4.69) is 57.7 Å². The van der Waals surface area contributed by atoms with Gasteiger partial charge in [-0.25, -0.2) is 14.6 Å². The number of rotatable bonds is 4. The second kappa shape index (κ2) is 6.57. The topological polar surface area (TPSA) is 88.1 Å². The highest BCUT2D eigenvalue weighted by atomic mass is 28.4. The molecular weight excluding hydrogens is 326 g/mol. The molecule has 8 heteroatoms. The van der Waals surface area contributed by atoms with E-state index in [1.54, 1.807) is 0 Å². The van der Waals surface area contributed by atoms with Crippen LogP contribution in [-0.2, 0) is 9.16 Å². The van der Waals surface area contributed by atoms with Crippen LogP contribution in [0, 0.1) is 5.92 Å². The van der Waals surface area contributed by atoms with Crippen LogP contribution in [0.5, 0.6) is 0 Å². The fourth-order valence-electron chi connectivity index (χ4n) is 2.80. The lowest BCUT2D eigenvalue weighted by Gasteiger charge is -2.39. The zero-order valence-electron chi connectivity index (χ0n) is 15.7. The Labute approximate surface area is 143 Å². The Kier molecular flexibility index (Phi) is 5.22. The van der Waals surface area contributed by atoms with Crippen molar-refractivity contribution in [2.45, 2.75) is 77.6 Å². The Hall–Kier alpha value is -1.25. The highest BCUT2D eigenvalue weighted by Crippen LogP contribution is 2.42. The lowest BCUT2D eigenvalue weighted by molar-refractivity contribution is -0.782. The van der Waals surface area contributed by atoms with E-state index in [9.17, 15) is 9.59 Å². The van der Waals surface area contributed by atoms with E-state index in [0.717, 1.165) is 6.42 Å². The predicted octanol–water partition coefficient (Wildman–Crippen LogP) is 1.68. The smallest absolute Gasteiger partial charge is 0.407 e. The van der Waals surface area contributed by atoms with E-state index in [0.29, 0.717) is 0 Å². The number of aromatic nitrogens is 3. The average Bonchev–Trinajstić information content (AvgIpc) is 2.74. The fraction of sp³-hybridized carbons (Fsp3) is 0.812. The summed E-state index contributed by atoms with van der Waals surface area (Å²) in [7, 11) is -2.03. The van der Waals surface area contributed by atoms with E-state index in [-0.39, 0.29) is 23.2 Å². The third-order valence-corrected chi connectivity index (χ3v) is 9.88. The van der Waals surface area contributed by atoms with Crippen molar-refractivity contribution in [1.29, 1.82) is 0 Å². The number of nitrogens with one attached hydrogen (secondary N) is 2. The van der Waals surface area contributed by atoms with E-state index in [4.69, 9.17) is 9.16 Å². The molecule has 24 heavy (non-hydrogen) atoms. The van der Waals surface area contributed by atoms with Crippen LogP contribution in [0.4, 0.5) is 0 Å². The van der Waals surface area contributed by atoms with Gasteiger partial charge in [0.05, 0.1) is 6.10 Å². The minimum atomic E-state index is -2.03. The summed E-state index contributed by atoms with van der Waals surface area (Å²) in [5.41, 5.74) is -1.02. The SMILES string of the molecule is CC[C@H]1O[C@@H]([n+]2c[nH]c(=O)[nH]c2=O)C(O[Si](C)(C)C(C)(C)C)[C@H]1C. The van der Waals surface area contributed by atoms with Crippen LogP contribution < -0.4 is 15.9 Å². The van der Waals surface area contributed by atoms with E-state index in [1.807, 2.05) is 0 Å². The maximum Gasteiger partial charge on any atom is 0.448 e. The second-order valence-corrected chi connectivity index (χ2v) is 12.9. The molecule has 136 valence electrons. The molecule has 2 N–H and O–H groups in total. The van der Waals surface area contributed by atoms with E-state index >= 15 is 0 Å². The monoisotopic (exact) mass is 356 g/mol. The molecule has 1 aromatic rings. The van der Waals surface area contributed by atoms with Crippen molar-refractivity contribution in [1.82, 2.24) is 9.97 Å². The zero-order chi connectivity index (χ0) is 18.3. The molecule has 1 aliphatic rings. The Morgan fingerprint density at radius 3 is 2.46 bits per heavy atom. The summed E-state index contributed by atoms with van der Waals surface area (Å²) in [6.45, 7) is 15.1. The van der Waals surface area contributed by atoms with Crippen LogP contribution >= 0.6 is 0 Å². The summed E-state index contributed by atoms with van der Waals surface area (Å²) in [6.07, 6.45) is 1.46. The molecular formula is C16H30N3O4Si+. The lowest BCUT2D eigenvalue weighted by atomic mass is 9.99. The number of aromatic amines is 2. The summed E-state index contributed by atoms with van der Waals surface area (Å²) in [6, 6.07) is 0. The summed E-state index contributed by atoms with van der Waals surface area (Å²) in [4.78, 5) is 28.2. The summed E-state index contributed by atoms with van der Waals surface area (Å²) < 4.78 is 14.1. The first-order valence-electron chi connectivity index (χ1n) is 8.54. The molecule has 2 heterocycles. The van der Waals surface area contributed by atoms with Gasteiger partial charge in [0.25, 0.3) is 0 Å². The molecule has 1 saturated heterocycles. The van der Waals surface area contributed by atoms with E-state index < -0.39 is 25.9 Å². The molecule has 0 aliphatic carbocycles. The standard InChI is InChI=1S/C16H29N3O4Si/c1-8-11-10(2)12(23-24(6,7)16(3,4)5)13(22-11)19-9-17-14(20)18-15(19)21/h9-13H,8H2,1-7H3,(H,18,20,21)/p+1/t10-,11+,12?,13+/m0/s1. The van der Waals surface area contributed by atoms with Crippen molar-refractivity contribution in [2.75, 3.05) is 0 Å². The van der Waals surface area contributed by atoms with Crippen LogP contribution in [0.15, 0.2) is 15.9 Å². The molecule has 1 fully saturated rings. The van der Waals surface area contributed by atoms with Crippen molar-refractivity contribution in [3.05, 3.63) is 27.3 Å². The lowest BCUT2D eigenvalue weighted by Crippen LogP contribution is -2.61. The largest absolute Gasteiger partial charge is 0.448 e. The van der Waals surface area contributed by atoms with Gasteiger partial charge in [-0.3, -0.25) is 0 Å². The Balaban J connectivity index is 2.41. The van der Waals surface area contributed by atoms with Gasteiger partial charge in [0.2, 0.25) is 6.23 Å². The van der Waals surface area contributed by atoms with Crippen molar-refractivity contribution < 1.29 is 13.7 Å². The summed E-state index contributed by atoms with van der Waals surface area (Å²) in [5, 5.41) is 0.0592. The normalized spacial score (nSPS) is 28.3. The second-order valence-electron chi connectivity index (χ2n) is 8.12. The predicted molar refractivity (Wildman–Crippen MR) is 93.3 cm³/mol. The highest BCUT2D eigenvalue weighted by Gasteiger charge is 2.50. The van der Waals surface area contributed by atoms with Crippen molar-refractivity contribution in [3.8, 4) is 0 Å². The molecule has 0 spiro atoms. The maximum absolute atomic E-state index is 12.2. The molecule has 1 aromatic heterocycles. The zero-order valence-corrected chi connectivity index (χ0v) is 16.7. The molecule has 0 bridgehead atoms. The Morgan fingerprint density at radius 2 is 1.96 bits per heavy atom. The van der Waals surface area contributed by atoms with Gasteiger partial charge in [-0.2, -0.15) is 9.55 Å². The summed E-state index contributed by atoms with van der Waals surface area (Å²) >= 11 is 0. The minimum absolute atomic E-state index is 0.0172. The Morgan fingerprint density at radius 1 is 1.33 bits per heavy atom. The van der Waals surface area contributed by atoms with E-state index in [1.165, 1.54) is 10.9 Å². The van der Waals surface area contributed by atoms with Gasteiger partial charge in [0.1, 0.15) is 6.10 Å². The van der Waals surface area contributed by atoms with Crippen LogP contribution in [-0.4, -0.2) is 30.5 Å². The highest BCUT2D eigenvalue weighted by molar-refractivity contribution is 6.74. The molecule has 0 aromatic carbocycles. The first-order chi connectivity index (χ1) is 11.0. The van der Waals surface area contributed by atoms with Gasteiger partial charge < -0.3 is 9.16 Å². The Bertz CT molecular complexity index is 692. The first-order valence-corrected chi connectivity index (χ1v) is 11.4. The van der Waals surface area contributed by atoms with Crippen LogP contribution in [0.25, 0.3) is 0 Å². The van der Waals surface area contributed by atoms with Gasteiger partial charge in [0, 0.05) is 5.92 Å². The number of ether oxygens (including phenoxy) is 1. The molecule has 2 rings (SSSR count). The first kappa shape index (κ1) is 19.1. The van der Waals surface area contributed by atoms with Crippen molar-refractivity contribution in [2.24, 2.45) is 5.92 Å². The van der Waals surface area contributed by atoms with Crippen LogP contribution in [0.1, 0.15) is 47.3 Å². The molecule has 0 amide bonds. The quantitative estimate of drug-likeness (QED) is 0.635. The van der Waals surface area contributed by atoms with Crippen molar-refractivity contribution in [3.63, 3.8) is 0 Å². The number of hydrogen-bond donors (Lipinski definition) is 2. The average molecular weight is 357 g/mol. The van der Waals surface area contributed by atoms with Gasteiger partial charge in [-0.05, 0) is 24.6 Å². The molecule has 1 unspecified atom stereocenters. The molecule has 1 aliphatic heterocycles. The number of hydrogen-bond acceptors (Lipinski definition) is 4. The van der Waals surface area contributed by atoms with Gasteiger partial charge in [0.15, 0.2) is 14.6 Å². The molecule has 0 saturated carbocycles. The van der Waals surface area contributed by atoms with Crippen LogP contribution in [0.2, 0.25) is 18.1 Å².